The van der Waals surface area contributed by atoms with Crippen LogP contribution in [-0.4, -0.2) is 12.5 Å². The Morgan fingerprint density at radius 2 is 1.72 bits per heavy atom. The summed E-state index contributed by atoms with van der Waals surface area (Å²) in [6, 6.07) is 0. The minimum Gasteiger partial charge on any atom is -0.303 e. The van der Waals surface area contributed by atoms with Crippen LogP contribution in [0.5, 0.6) is 0 Å². The second-order valence-electron chi connectivity index (χ2n) is 9.71. The zero-order chi connectivity index (χ0) is 17.8. The van der Waals surface area contributed by atoms with Gasteiger partial charge in [-0.3, -0.25) is 0 Å². The second kappa shape index (κ2) is 6.27. The van der Waals surface area contributed by atoms with Gasteiger partial charge in [0.1, 0.15) is 6.29 Å². The summed E-state index contributed by atoms with van der Waals surface area (Å²) in [5.74, 6) is 2.39. The summed E-state index contributed by atoms with van der Waals surface area (Å²) in [5, 5.41) is 0. The molecular formula is C21H31F3O. The lowest BCUT2D eigenvalue weighted by molar-refractivity contribution is -0.196. The molecule has 0 saturated heterocycles. The predicted octanol–water partition coefficient (Wildman–Crippen LogP) is 6.02. The summed E-state index contributed by atoms with van der Waals surface area (Å²) >= 11 is 0. The van der Waals surface area contributed by atoms with Crippen LogP contribution < -0.4 is 0 Å². The molecule has 8 atom stereocenters. The summed E-state index contributed by atoms with van der Waals surface area (Å²) in [6.07, 6.45) is 6.23. The Morgan fingerprint density at radius 3 is 2.44 bits per heavy atom. The number of aldehydes is 1. The number of hydrogen-bond donors (Lipinski definition) is 0. The van der Waals surface area contributed by atoms with Gasteiger partial charge in [-0.2, -0.15) is 13.2 Å². The number of carbonyl (C=O) groups is 1. The molecule has 0 aromatic rings. The van der Waals surface area contributed by atoms with E-state index in [1.807, 2.05) is 0 Å². The highest BCUT2D eigenvalue weighted by Gasteiger charge is 2.57. The third-order valence-corrected chi connectivity index (χ3v) is 8.99. The second-order valence-corrected chi connectivity index (χ2v) is 9.71. The molecule has 4 heteroatoms. The molecule has 0 aromatic heterocycles. The van der Waals surface area contributed by atoms with Gasteiger partial charge in [0.05, 0.1) is 5.92 Å². The van der Waals surface area contributed by atoms with Crippen molar-refractivity contribution in [1.82, 2.24) is 0 Å². The first-order valence-corrected chi connectivity index (χ1v) is 10.3. The minimum absolute atomic E-state index is 0.304. The van der Waals surface area contributed by atoms with Crippen molar-refractivity contribution in [1.29, 1.82) is 0 Å². The third-order valence-electron chi connectivity index (χ3n) is 8.99. The van der Waals surface area contributed by atoms with Crippen molar-refractivity contribution in [3.8, 4) is 0 Å². The van der Waals surface area contributed by atoms with Gasteiger partial charge in [-0.05, 0) is 98.7 Å². The molecular weight excluding hydrogens is 325 g/mol. The fraction of sp³-hybridized carbons (Fsp3) is 0.952. The molecule has 0 aromatic carbocycles. The first kappa shape index (κ1) is 17.9. The van der Waals surface area contributed by atoms with Crippen LogP contribution in [0.1, 0.15) is 71.1 Å². The van der Waals surface area contributed by atoms with Crippen LogP contribution in [0.15, 0.2) is 0 Å². The maximum atomic E-state index is 13.1. The third kappa shape index (κ3) is 2.86. The Bertz CT molecular complexity index is 516. The van der Waals surface area contributed by atoms with E-state index in [0.29, 0.717) is 60.2 Å². The Labute approximate surface area is 149 Å². The van der Waals surface area contributed by atoms with Gasteiger partial charge in [0, 0.05) is 6.42 Å². The topological polar surface area (TPSA) is 17.1 Å². The van der Waals surface area contributed by atoms with Gasteiger partial charge >= 0.3 is 6.18 Å². The predicted molar refractivity (Wildman–Crippen MR) is 90.8 cm³/mol. The molecule has 4 fully saturated rings. The van der Waals surface area contributed by atoms with E-state index in [0.717, 1.165) is 25.5 Å². The monoisotopic (exact) mass is 356 g/mol. The van der Waals surface area contributed by atoms with Gasteiger partial charge in [-0.25, -0.2) is 0 Å². The molecule has 3 unspecified atom stereocenters. The molecule has 1 nitrogen and oxygen atoms in total. The van der Waals surface area contributed by atoms with Crippen molar-refractivity contribution in [2.45, 2.75) is 77.3 Å². The van der Waals surface area contributed by atoms with Crippen molar-refractivity contribution >= 4 is 6.29 Å². The van der Waals surface area contributed by atoms with Crippen molar-refractivity contribution in [2.75, 3.05) is 0 Å². The molecule has 0 amide bonds. The fourth-order valence-corrected chi connectivity index (χ4v) is 7.76. The Kier molecular flexibility index (Phi) is 4.47. The van der Waals surface area contributed by atoms with Crippen LogP contribution in [0.25, 0.3) is 0 Å². The number of rotatable bonds is 2. The lowest BCUT2D eigenvalue weighted by Crippen LogP contribution is -2.49. The van der Waals surface area contributed by atoms with Crippen LogP contribution in [0, 0.1) is 46.8 Å². The molecule has 4 aliphatic carbocycles. The van der Waals surface area contributed by atoms with Gasteiger partial charge < -0.3 is 4.79 Å². The van der Waals surface area contributed by atoms with E-state index in [1.54, 1.807) is 0 Å². The summed E-state index contributed by atoms with van der Waals surface area (Å²) < 4.78 is 39.4. The molecule has 0 heterocycles. The zero-order valence-corrected chi connectivity index (χ0v) is 15.2. The van der Waals surface area contributed by atoms with Crippen LogP contribution in [0.2, 0.25) is 0 Å². The van der Waals surface area contributed by atoms with Crippen molar-refractivity contribution in [3.05, 3.63) is 0 Å². The molecule has 0 aliphatic heterocycles. The molecule has 4 saturated carbocycles. The van der Waals surface area contributed by atoms with E-state index >= 15 is 0 Å². The summed E-state index contributed by atoms with van der Waals surface area (Å²) in [4.78, 5) is 11.1. The molecule has 0 N–H and O–H groups in total. The number of fused-ring (bicyclic) bond motifs is 5. The van der Waals surface area contributed by atoms with Gasteiger partial charge in [0.25, 0.3) is 0 Å². The van der Waals surface area contributed by atoms with Crippen molar-refractivity contribution in [3.63, 3.8) is 0 Å². The first-order valence-electron chi connectivity index (χ1n) is 10.3. The molecule has 4 aliphatic rings. The standard InChI is InChI=1S/C21H31F3O/c1-20-10-8-17-16-6-3-15(21(22,23)24)12-13(16)2-5-18(17)19(20)7-4-14(20)9-11-25/h11,13-19H,2-10,12H2,1H3/t13-,14?,15+,16+,17?,18-,19?,20-/m1/s1. The molecule has 0 radical (unpaired) electrons. The highest BCUT2D eigenvalue weighted by molar-refractivity contribution is 5.50. The number of halogens is 3. The van der Waals surface area contributed by atoms with Gasteiger partial charge in [-0.1, -0.05) is 6.92 Å². The molecule has 4 rings (SSSR count). The number of carbonyl (C=O) groups excluding carboxylic acids is 1. The van der Waals surface area contributed by atoms with Crippen LogP contribution in [-0.2, 0) is 4.79 Å². The average molecular weight is 356 g/mol. The quantitative estimate of drug-likeness (QED) is 0.553. The van der Waals surface area contributed by atoms with Crippen LogP contribution >= 0.6 is 0 Å². The lowest BCUT2D eigenvalue weighted by Gasteiger charge is -2.56. The summed E-state index contributed by atoms with van der Waals surface area (Å²) in [6.45, 7) is 2.40. The highest BCUT2D eigenvalue weighted by atomic mass is 19.4. The van der Waals surface area contributed by atoms with E-state index in [9.17, 15) is 18.0 Å². The first-order chi connectivity index (χ1) is 11.8. The Morgan fingerprint density at radius 1 is 0.960 bits per heavy atom. The van der Waals surface area contributed by atoms with Crippen molar-refractivity contribution in [2.24, 2.45) is 46.8 Å². The summed E-state index contributed by atoms with van der Waals surface area (Å²) in [5.41, 5.74) is 0.304. The van der Waals surface area contributed by atoms with Crippen LogP contribution in [0.4, 0.5) is 13.2 Å². The minimum atomic E-state index is -4.00. The average Bonchev–Trinajstić information content (AvgIpc) is 2.90. The Balaban J connectivity index is 1.49. The summed E-state index contributed by atoms with van der Waals surface area (Å²) in [7, 11) is 0. The van der Waals surface area contributed by atoms with Crippen LogP contribution in [0.3, 0.4) is 0 Å². The maximum absolute atomic E-state index is 13.1. The van der Waals surface area contributed by atoms with Gasteiger partial charge in [0.15, 0.2) is 0 Å². The Hall–Kier alpha value is -0.540. The molecule has 0 spiro atoms. The van der Waals surface area contributed by atoms with Gasteiger partial charge in [0.2, 0.25) is 0 Å². The molecule has 0 bridgehead atoms. The van der Waals surface area contributed by atoms with Crippen molar-refractivity contribution < 1.29 is 18.0 Å². The van der Waals surface area contributed by atoms with E-state index in [2.05, 4.69) is 6.92 Å². The highest BCUT2D eigenvalue weighted by Crippen LogP contribution is 2.65. The smallest absolute Gasteiger partial charge is 0.303 e. The maximum Gasteiger partial charge on any atom is 0.391 e. The largest absolute Gasteiger partial charge is 0.391 e. The van der Waals surface area contributed by atoms with Gasteiger partial charge in [-0.15, -0.1) is 0 Å². The van der Waals surface area contributed by atoms with E-state index in [1.165, 1.54) is 25.7 Å². The van der Waals surface area contributed by atoms with E-state index in [-0.39, 0.29) is 0 Å². The molecule has 142 valence electrons. The normalized spacial score (nSPS) is 49.8. The number of hydrogen-bond acceptors (Lipinski definition) is 1. The molecule has 25 heavy (non-hydrogen) atoms. The zero-order valence-electron chi connectivity index (χ0n) is 15.2. The number of alkyl halides is 3. The van der Waals surface area contributed by atoms with E-state index in [4.69, 9.17) is 0 Å². The fourth-order valence-electron chi connectivity index (χ4n) is 7.76. The SMILES string of the molecule is C[C@]12CCC3[C@@H](CC[C@@H]4C[C@@H](C(F)(F)F)CC[C@H]34)C1CCC2CC=O. The van der Waals surface area contributed by atoms with E-state index < -0.39 is 12.1 Å². The lowest BCUT2D eigenvalue weighted by atomic mass is 9.49.